The van der Waals surface area contributed by atoms with Gasteiger partial charge >= 0.3 is 0 Å². The predicted octanol–water partition coefficient (Wildman–Crippen LogP) is 4.30. The summed E-state index contributed by atoms with van der Waals surface area (Å²) in [6.07, 6.45) is 5.33. The van der Waals surface area contributed by atoms with Gasteiger partial charge in [-0.05, 0) is 61.7 Å². The molecule has 0 spiro atoms. The molecule has 0 unspecified atom stereocenters. The molecule has 2 aromatic carbocycles. The number of aryl methyl sites for hydroxylation is 1. The third kappa shape index (κ3) is 5.17. The van der Waals surface area contributed by atoms with Crippen molar-refractivity contribution in [2.75, 3.05) is 13.1 Å². The minimum Gasteiger partial charge on any atom is -0.348 e. The SMILES string of the molecule is Cc1ccccc1CNC(=O)c1ccc(CN2CCCCCC2)cc1. The topological polar surface area (TPSA) is 32.3 Å². The molecule has 3 heteroatoms. The molecule has 1 aliphatic rings. The Hall–Kier alpha value is -2.13. The van der Waals surface area contributed by atoms with E-state index in [-0.39, 0.29) is 5.91 Å². The van der Waals surface area contributed by atoms with E-state index in [1.54, 1.807) is 0 Å². The highest BCUT2D eigenvalue weighted by atomic mass is 16.1. The van der Waals surface area contributed by atoms with E-state index in [2.05, 4.69) is 41.4 Å². The maximum absolute atomic E-state index is 12.4. The molecule has 0 atom stereocenters. The van der Waals surface area contributed by atoms with Gasteiger partial charge in [-0.25, -0.2) is 0 Å². The van der Waals surface area contributed by atoms with E-state index in [9.17, 15) is 4.79 Å². The number of likely N-dealkylation sites (tertiary alicyclic amines) is 1. The van der Waals surface area contributed by atoms with Crippen LogP contribution >= 0.6 is 0 Å². The summed E-state index contributed by atoms with van der Waals surface area (Å²) in [5.74, 6) is -0.00965. The zero-order valence-electron chi connectivity index (χ0n) is 15.1. The standard InChI is InChI=1S/C22H28N2O/c1-18-8-4-5-9-21(18)16-23-22(25)20-12-10-19(11-13-20)17-24-14-6-2-3-7-15-24/h4-5,8-13H,2-3,6-7,14-17H2,1H3,(H,23,25). The van der Waals surface area contributed by atoms with Gasteiger partial charge in [-0.15, -0.1) is 0 Å². The van der Waals surface area contributed by atoms with Crippen LogP contribution in [0.2, 0.25) is 0 Å². The molecule has 1 N–H and O–H groups in total. The van der Waals surface area contributed by atoms with Crippen LogP contribution in [0.3, 0.4) is 0 Å². The van der Waals surface area contributed by atoms with E-state index < -0.39 is 0 Å². The fourth-order valence-corrected chi connectivity index (χ4v) is 3.40. The third-order valence-corrected chi connectivity index (χ3v) is 5.02. The van der Waals surface area contributed by atoms with Gasteiger partial charge in [0, 0.05) is 18.7 Å². The largest absolute Gasteiger partial charge is 0.348 e. The van der Waals surface area contributed by atoms with Gasteiger partial charge in [0.05, 0.1) is 0 Å². The molecule has 0 bridgehead atoms. The Labute approximate surface area is 151 Å². The van der Waals surface area contributed by atoms with Gasteiger partial charge in [0.25, 0.3) is 5.91 Å². The highest BCUT2D eigenvalue weighted by Gasteiger charge is 2.10. The highest BCUT2D eigenvalue weighted by molar-refractivity contribution is 5.94. The van der Waals surface area contributed by atoms with Gasteiger partial charge in [0.2, 0.25) is 0 Å². The molecule has 1 fully saturated rings. The van der Waals surface area contributed by atoms with Crippen molar-refractivity contribution in [2.45, 2.75) is 45.7 Å². The molecule has 2 aromatic rings. The minimum absolute atomic E-state index is 0.00965. The zero-order valence-corrected chi connectivity index (χ0v) is 15.1. The summed E-state index contributed by atoms with van der Waals surface area (Å²) in [6.45, 7) is 6.02. The maximum atomic E-state index is 12.4. The van der Waals surface area contributed by atoms with E-state index in [1.165, 1.54) is 49.9 Å². The summed E-state index contributed by atoms with van der Waals surface area (Å²) in [5.41, 5.74) is 4.38. The van der Waals surface area contributed by atoms with Gasteiger partial charge in [0.1, 0.15) is 0 Å². The van der Waals surface area contributed by atoms with Crippen molar-refractivity contribution in [3.05, 3.63) is 70.8 Å². The normalized spacial score (nSPS) is 15.6. The summed E-state index contributed by atoms with van der Waals surface area (Å²) in [4.78, 5) is 14.9. The smallest absolute Gasteiger partial charge is 0.251 e. The summed E-state index contributed by atoms with van der Waals surface area (Å²) in [5, 5.41) is 3.02. The first kappa shape index (κ1) is 17.7. The Bertz CT molecular complexity index is 685. The number of amides is 1. The van der Waals surface area contributed by atoms with Crippen LogP contribution in [-0.4, -0.2) is 23.9 Å². The van der Waals surface area contributed by atoms with E-state index in [1.807, 2.05) is 24.3 Å². The Morgan fingerprint density at radius 2 is 1.64 bits per heavy atom. The summed E-state index contributed by atoms with van der Waals surface area (Å²) >= 11 is 0. The number of nitrogens with zero attached hydrogens (tertiary/aromatic N) is 1. The van der Waals surface area contributed by atoms with Crippen molar-refractivity contribution in [2.24, 2.45) is 0 Å². The van der Waals surface area contributed by atoms with Crippen LogP contribution in [0.1, 0.15) is 52.7 Å². The van der Waals surface area contributed by atoms with E-state index >= 15 is 0 Å². The second-order valence-corrected chi connectivity index (χ2v) is 7.00. The molecule has 1 aliphatic heterocycles. The molecule has 132 valence electrons. The van der Waals surface area contributed by atoms with Crippen LogP contribution in [0.5, 0.6) is 0 Å². The van der Waals surface area contributed by atoms with Crippen LogP contribution in [-0.2, 0) is 13.1 Å². The minimum atomic E-state index is -0.00965. The van der Waals surface area contributed by atoms with E-state index in [4.69, 9.17) is 0 Å². The number of benzene rings is 2. The molecule has 1 saturated heterocycles. The molecule has 1 amide bonds. The lowest BCUT2D eigenvalue weighted by Crippen LogP contribution is -2.24. The first-order chi connectivity index (χ1) is 12.2. The number of hydrogen-bond donors (Lipinski definition) is 1. The second-order valence-electron chi connectivity index (χ2n) is 7.00. The van der Waals surface area contributed by atoms with Crippen molar-refractivity contribution < 1.29 is 4.79 Å². The lowest BCUT2D eigenvalue weighted by atomic mass is 10.1. The third-order valence-electron chi connectivity index (χ3n) is 5.02. The molecular formula is C22H28N2O. The van der Waals surface area contributed by atoms with Crippen molar-refractivity contribution in [1.29, 1.82) is 0 Å². The van der Waals surface area contributed by atoms with Crippen LogP contribution in [0.4, 0.5) is 0 Å². The number of rotatable bonds is 5. The average Bonchev–Trinajstić information content (AvgIpc) is 2.90. The van der Waals surface area contributed by atoms with Crippen molar-refractivity contribution >= 4 is 5.91 Å². The Kier molecular flexibility index (Phi) is 6.24. The fraction of sp³-hybridized carbons (Fsp3) is 0.409. The molecule has 1 heterocycles. The highest BCUT2D eigenvalue weighted by Crippen LogP contribution is 2.14. The fourth-order valence-electron chi connectivity index (χ4n) is 3.40. The second kappa shape index (κ2) is 8.82. The first-order valence-corrected chi connectivity index (χ1v) is 9.36. The lowest BCUT2D eigenvalue weighted by molar-refractivity contribution is 0.0951. The molecule has 3 rings (SSSR count). The Balaban J connectivity index is 1.54. The van der Waals surface area contributed by atoms with E-state index in [0.717, 1.165) is 17.7 Å². The molecule has 0 radical (unpaired) electrons. The van der Waals surface area contributed by atoms with Gasteiger partial charge in [-0.3, -0.25) is 9.69 Å². The quantitative estimate of drug-likeness (QED) is 0.883. The van der Waals surface area contributed by atoms with Crippen LogP contribution in [0, 0.1) is 6.92 Å². The number of carbonyl (C=O) groups is 1. The van der Waals surface area contributed by atoms with Crippen LogP contribution < -0.4 is 5.32 Å². The van der Waals surface area contributed by atoms with Gasteiger partial charge in [-0.1, -0.05) is 49.2 Å². The Morgan fingerprint density at radius 3 is 2.32 bits per heavy atom. The first-order valence-electron chi connectivity index (χ1n) is 9.36. The summed E-state index contributed by atoms with van der Waals surface area (Å²) < 4.78 is 0. The number of nitrogens with one attached hydrogen (secondary N) is 1. The molecule has 0 aliphatic carbocycles. The monoisotopic (exact) mass is 336 g/mol. The molecular weight excluding hydrogens is 308 g/mol. The van der Waals surface area contributed by atoms with Crippen LogP contribution in [0.25, 0.3) is 0 Å². The molecule has 0 saturated carbocycles. The molecule has 0 aromatic heterocycles. The summed E-state index contributed by atoms with van der Waals surface area (Å²) in [7, 11) is 0. The maximum Gasteiger partial charge on any atom is 0.251 e. The van der Waals surface area contributed by atoms with Crippen molar-refractivity contribution in [3.63, 3.8) is 0 Å². The van der Waals surface area contributed by atoms with Gasteiger partial charge in [0.15, 0.2) is 0 Å². The van der Waals surface area contributed by atoms with E-state index in [0.29, 0.717) is 6.54 Å². The number of carbonyl (C=O) groups excluding carboxylic acids is 1. The lowest BCUT2D eigenvalue weighted by Gasteiger charge is -2.19. The van der Waals surface area contributed by atoms with Gasteiger partial charge in [-0.2, -0.15) is 0 Å². The Morgan fingerprint density at radius 1 is 0.960 bits per heavy atom. The average molecular weight is 336 g/mol. The van der Waals surface area contributed by atoms with Crippen molar-refractivity contribution in [3.8, 4) is 0 Å². The van der Waals surface area contributed by atoms with Gasteiger partial charge < -0.3 is 5.32 Å². The molecule has 3 nitrogen and oxygen atoms in total. The predicted molar refractivity (Wildman–Crippen MR) is 103 cm³/mol. The zero-order chi connectivity index (χ0) is 17.5. The number of hydrogen-bond acceptors (Lipinski definition) is 2. The molecule has 25 heavy (non-hydrogen) atoms. The van der Waals surface area contributed by atoms with Crippen molar-refractivity contribution in [1.82, 2.24) is 10.2 Å². The summed E-state index contributed by atoms with van der Waals surface area (Å²) in [6, 6.07) is 16.2. The van der Waals surface area contributed by atoms with Crippen LogP contribution in [0.15, 0.2) is 48.5 Å².